The molecule has 6 heteroatoms. The van der Waals surface area contributed by atoms with E-state index in [1.807, 2.05) is 33.9 Å². The third kappa shape index (κ3) is 2.55. The summed E-state index contributed by atoms with van der Waals surface area (Å²) in [6, 6.07) is 1.41. The number of anilines is 1. The monoisotopic (exact) mass is 278 g/mol. The summed E-state index contributed by atoms with van der Waals surface area (Å²) in [6.45, 7) is 5.89. The SMILES string of the molecule is CCC(CC)N1C(=O)CC(Nc2cc(C)nn2C)C1=O. The summed E-state index contributed by atoms with van der Waals surface area (Å²) in [4.78, 5) is 25.9. The number of aryl methyl sites for hydroxylation is 2. The molecule has 1 saturated heterocycles. The highest BCUT2D eigenvalue weighted by molar-refractivity contribution is 6.07. The van der Waals surface area contributed by atoms with Gasteiger partial charge in [-0.2, -0.15) is 5.10 Å². The number of carbonyl (C=O) groups excluding carboxylic acids is 2. The molecule has 0 aromatic carbocycles. The Morgan fingerprint density at radius 2 is 2.05 bits per heavy atom. The highest BCUT2D eigenvalue weighted by atomic mass is 16.2. The minimum Gasteiger partial charge on any atom is -0.358 e. The molecule has 1 unspecified atom stereocenters. The van der Waals surface area contributed by atoms with Crippen molar-refractivity contribution in [2.45, 2.75) is 52.1 Å². The molecule has 0 aliphatic carbocycles. The van der Waals surface area contributed by atoms with E-state index in [1.54, 1.807) is 4.68 Å². The lowest BCUT2D eigenvalue weighted by molar-refractivity contribution is -0.141. The zero-order valence-electron chi connectivity index (χ0n) is 12.5. The first-order valence-electron chi connectivity index (χ1n) is 7.11. The zero-order chi connectivity index (χ0) is 14.9. The van der Waals surface area contributed by atoms with Gasteiger partial charge in [0.15, 0.2) is 0 Å². The first-order valence-corrected chi connectivity index (χ1v) is 7.11. The molecule has 2 heterocycles. The van der Waals surface area contributed by atoms with Gasteiger partial charge in [0.2, 0.25) is 5.91 Å². The van der Waals surface area contributed by atoms with Crippen molar-refractivity contribution >= 4 is 17.6 Å². The lowest BCUT2D eigenvalue weighted by Gasteiger charge is -2.24. The molecule has 0 spiro atoms. The Kier molecular flexibility index (Phi) is 4.11. The minimum atomic E-state index is -0.474. The molecule has 1 fully saturated rings. The molecule has 0 saturated carbocycles. The summed E-state index contributed by atoms with van der Waals surface area (Å²) >= 11 is 0. The molecule has 1 aromatic rings. The molecule has 1 aromatic heterocycles. The van der Waals surface area contributed by atoms with Crippen LogP contribution in [0.3, 0.4) is 0 Å². The fourth-order valence-corrected chi connectivity index (χ4v) is 2.73. The summed E-state index contributed by atoms with van der Waals surface area (Å²) in [5.41, 5.74) is 0.878. The van der Waals surface area contributed by atoms with Gasteiger partial charge >= 0.3 is 0 Å². The van der Waals surface area contributed by atoms with Crippen LogP contribution in [0.1, 0.15) is 38.8 Å². The Bertz CT molecular complexity index is 519. The molecule has 110 valence electrons. The smallest absolute Gasteiger partial charge is 0.252 e. The van der Waals surface area contributed by atoms with Crippen molar-refractivity contribution in [3.8, 4) is 0 Å². The number of nitrogens with zero attached hydrogens (tertiary/aromatic N) is 3. The van der Waals surface area contributed by atoms with Crippen LogP contribution in [-0.2, 0) is 16.6 Å². The van der Waals surface area contributed by atoms with Crippen LogP contribution in [-0.4, -0.2) is 38.6 Å². The quantitative estimate of drug-likeness (QED) is 0.828. The molecule has 0 bridgehead atoms. The van der Waals surface area contributed by atoms with E-state index in [1.165, 1.54) is 4.90 Å². The highest BCUT2D eigenvalue weighted by Crippen LogP contribution is 2.23. The fraction of sp³-hybridized carbons (Fsp3) is 0.643. The molecule has 1 aliphatic rings. The number of aromatic nitrogens is 2. The van der Waals surface area contributed by atoms with E-state index in [0.717, 1.165) is 24.4 Å². The van der Waals surface area contributed by atoms with Crippen LogP contribution < -0.4 is 5.32 Å². The lowest BCUT2D eigenvalue weighted by Crippen LogP contribution is -2.41. The zero-order valence-corrected chi connectivity index (χ0v) is 12.5. The summed E-state index contributed by atoms with van der Waals surface area (Å²) in [5.74, 6) is 0.558. The van der Waals surface area contributed by atoms with E-state index in [-0.39, 0.29) is 24.3 Å². The van der Waals surface area contributed by atoms with E-state index in [4.69, 9.17) is 0 Å². The van der Waals surface area contributed by atoms with Gasteiger partial charge in [-0.15, -0.1) is 0 Å². The first kappa shape index (κ1) is 14.6. The molecule has 6 nitrogen and oxygen atoms in total. The molecular formula is C14H22N4O2. The van der Waals surface area contributed by atoms with Crippen LogP contribution in [0.4, 0.5) is 5.82 Å². The van der Waals surface area contributed by atoms with Crippen LogP contribution in [0, 0.1) is 6.92 Å². The Hall–Kier alpha value is -1.85. The van der Waals surface area contributed by atoms with Gasteiger partial charge < -0.3 is 5.32 Å². The van der Waals surface area contributed by atoms with Gasteiger partial charge in [-0.25, -0.2) is 0 Å². The largest absolute Gasteiger partial charge is 0.358 e. The second-order valence-corrected chi connectivity index (χ2v) is 5.27. The Morgan fingerprint density at radius 1 is 1.40 bits per heavy atom. The van der Waals surface area contributed by atoms with Crippen LogP contribution in [0.5, 0.6) is 0 Å². The number of hydrogen-bond donors (Lipinski definition) is 1. The van der Waals surface area contributed by atoms with Gasteiger partial charge in [-0.05, 0) is 19.8 Å². The van der Waals surface area contributed by atoms with Gasteiger partial charge in [0.1, 0.15) is 11.9 Å². The van der Waals surface area contributed by atoms with E-state index < -0.39 is 6.04 Å². The second-order valence-electron chi connectivity index (χ2n) is 5.27. The number of rotatable bonds is 5. The van der Waals surface area contributed by atoms with Crippen molar-refractivity contribution in [2.24, 2.45) is 7.05 Å². The van der Waals surface area contributed by atoms with Crippen LogP contribution in [0.25, 0.3) is 0 Å². The molecule has 20 heavy (non-hydrogen) atoms. The number of imide groups is 1. The third-order valence-corrected chi connectivity index (χ3v) is 3.81. The second kappa shape index (κ2) is 5.64. The third-order valence-electron chi connectivity index (χ3n) is 3.81. The van der Waals surface area contributed by atoms with Crippen molar-refractivity contribution in [2.75, 3.05) is 5.32 Å². The molecule has 1 N–H and O–H groups in total. The standard InChI is InChI=1S/C14H22N4O2/c1-5-10(6-2)18-13(19)8-11(14(18)20)15-12-7-9(3)16-17(12)4/h7,10-11,15H,5-6,8H2,1-4H3. The normalized spacial score (nSPS) is 19.2. The highest BCUT2D eigenvalue weighted by Gasteiger charge is 2.41. The summed E-state index contributed by atoms with van der Waals surface area (Å²) < 4.78 is 1.69. The van der Waals surface area contributed by atoms with Crippen molar-refractivity contribution in [3.05, 3.63) is 11.8 Å². The summed E-state index contributed by atoms with van der Waals surface area (Å²) in [7, 11) is 1.81. The van der Waals surface area contributed by atoms with Gasteiger partial charge in [0, 0.05) is 19.2 Å². The topological polar surface area (TPSA) is 67.2 Å². The average molecular weight is 278 g/mol. The van der Waals surface area contributed by atoms with Crippen LogP contribution in [0.2, 0.25) is 0 Å². The molecule has 1 atom stereocenters. The Morgan fingerprint density at radius 3 is 2.55 bits per heavy atom. The molecular weight excluding hydrogens is 256 g/mol. The summed E-state index contributed by atoms with van der Waals surface area (Å²) in [6.07, 6.45) is 1.82. The van der Waals surface area contributed by atoms with Gasteiger partial charge in [-0.1, -0.05) is 13.8 Å². The molecule has 0 radical (unpaired) electrons. The maximum Gasteiger partial charge on any atom is 0.252 e. The van der Waals surface area contributed by atoms with Crippen molar-refractivity contribution < 1.29 is 9.59 Å². The minimum absolute atomic E-state index is 0.00933. The van der Waals surface area contributed by atoms with Crippen molar-refractivity contribution in [1.82, 2.24) is 14.7 Å². The van der Waals surface area contributed by atoms with E-state index in [2.05, 4.69) is 10.4 Å². The van der Waals surface area contributed by atoms with Gasteiger partial charge in [-0.3, -0.25) is 19.2 Å². The Labute approximate surface area is 119 Å². The van der Waals surface area contributed by atoms with Crippen molar-refractivity contribution in [1.29, 1.82) is 0 Å². The van der Waals surface area contributed by atoms with Crippen molar-refractivity contribution in [3.63, 3.8) is 0 Å². The number of nitrogens with one attached hydrogen (secondary N) is 1. The summed E-state index contributed by atoms with van der Waals surface area (Å²) in [5, 5.41) is 7.36. The number of carbonyl (C=O) groups is 2. The van der Waals surface area contributed by atoms with Gasteiger partial charge in [0.25, 0.3) is 5.91 Å². The van der Waals surface area contributed by atoms with E-state index in [0.29, 0.717) is 0 Å². The van der Waals surface area contributed by atoms with Crippen LogP contribution in [0.15, 0.2) is 6.07 Å². The van der Waals surface area contributed by atoms with E-state index in [9.17, 15) is 9.59 Å². The number of likely N-dealkylation sites (tertiary alicyclic amines) is 1. The Balaban J connectivity index is 2.14. The van der Waals surface area contributed by atoms with E-state index >= 15 is 0 Å². The van der Waals surface area contributed by atoms with Crippen LogP contribution >= 0.6 is 0 Å². The molecule has 2 amide bonds. The first-order chi connectivity index (χ1) is 9.47. The predicted molar refractivity (Wildman–Crippen MR) is 76.2 cm³/mol. The van der Waals surface area contributed by atoms with Gasteiger partial charge in [0.05, 0.1) is 12.1 Å². The average Bonchev–Trinajstić information content (AvgIpc) is 2.85. The molecule has 2 rings (SSSR count). The maximum atomic E-state index is 12.4. The molecule has 1 aliphatic heterocycles. The fourth-order valence-electron chi connectivity index (χ4n) is 2.73. The maximum absolute atomic E-state index is 12.4. The number of hydrogen-bond acceptors (Lipinski definition) is 4. The number of amides is 2. The lowest BCUT2D eigenvalue weighted by atomic mass is 10.1. The predicted octanol–water partition coefficient (Wildman–Crippen LogP) is 1.46.